The Morgan fingerprint density at radius 1 is 1.10 bits per heavy atom. The summed E-state index contributed by atoms with van der Waals surface area (Å²) < 4.78 is 5.35. The molecule has 8 nitrogen and oxygen atoms in total. The predicted molar refractivity (Wildman–Crippen MR) is 112 cm³/mol. The van der Waals surface area contributed by atoms with Gasteiger partial charge in [0, 0.05) is 44.8 Å². The molecule has 29 heavy (non-hydrogen) atoms. The SMILES string of the molecule is O=C(CCCNC(=O)NC1CCCCC1)NCc1ccc(N2CCOCC2)nc1. The van der Waals surface area contributed by atoms with E-state index < -0.39 is 0 Å². The number of ether oxygens (including phenoxy) is 1. The number of morpholine rings is 1. The number of nitrogens with zero attached hydrogens (tertiary/aromatic N) is 2. The highest BCUT2D eigenvalue weighted by molar-refractivity contribution is 5.76. The summed E-state index contributed by atoms with van der Waals surface area (Å²) in [5.74, 6) is 0.928. The summed E-state index contributed by atoms with van der Waals surface area (Å²) in [6.45, 7) is 4.14. The van der Waals surface area contributed by atoms with Crippen molar-refractivity contribution in [1.82, 2.24) is 20.9 Å². The first-order chi connectivity index (χ1) is 14.2. The van der Waals surface area contributed by atoms with Crippen LogP contribution >= 0.6 is 0 Å². The summed E-state index contributed by atoms with van der Waals surface area (Å²) in [6.07, 6.45) is 8.61. The van der Waals surface area contributed by atoms with Crippen molar-refractivity contribution in [3.05, 3.63) is 23.9 Å². The Labute approximate surface area is 172 Å². The summed E-state index contributed by atoms with van der Waals surface area (Å²) in [4.78, 5) is 30.6. The molecular weight excluding hydrogens is 370 g/mol. The first-order valence-corrected chi connectivity index (χ1v) is 10.8. The van der Waals surface area contributed by atoms with Crippen LogP contribution in [0, 0.1) is 0 Å². The van der Waals surface area contributed by atoms with Crippen LogP contribution in [-0.4, -0.2) is 55.8 Å². The first-order valence-electron chi connectivity index (χ1n) is 10.8. The van der Waals surface area contributed by atoms with E-state index in [0.29, 0.717) is 32.0 Å². The van der Waals surface area contributed by atoms with Crippen LogP contribution in [0.25, 0.3) is 0 Å². The Hall–Kier alpha value is -2.35. The molecule has 3 amide bonds. The zero-order valence-electron chi connectivity index (χ0n) is 17.1. The third-order valence-electron chi connectivity index (χ3n) is 5.44. The summed E-state index contributed by atoms with van der Waals surface area (Å²) in [7, 11) is 0. The number of aromatic nitrogens is 1. The molecular formula is C21H33N5O3. The van der Waals surface area contributed by atoms with Crippen LogP contribution in [0.4, 0.5) is 10.6 Å². The van der Waals surface area contributed by atoms with Gasteiger partial charge in [-0.2, -0.15) is 0 Å². The number of carbonyl (C=O) groups is 2. The molecule has 1 saturated heterocycles. The van der Waals surface area contributed by atoms with Gasteiger partial charge < -0.3 is 25.6 Å². The second kappa shape index (κ2) is 11.6. The molecule has 1 aromatic heterocycles. The topological polar surface area (TPSA) is 95.6 Å². The number of anilines is 1. The van der Waals surface area contributed by atoms with Crippen LogP contribution in [-0.2, 0) is 16.1 Å². The van der Waals surface area contributed by atoms with Crippen LogP contribution in [0.15, 0.2) is 18.3 Å². The quantitative estimate of drug-likeness (QED) is 0.577. The summed E-state index contributed by atoms with van der Waals surface area (Å²) in [6, 6.07) is 4.16. The minimum atomic E-state index is -0.122. The highest BCUT2D eigenvalue weighted by Gasteiger charge is 2.15. The van der Waals surface area contributed by atoms with Gasteiger partial charge in [-0.1, -0.05) is 25.3 Å². The van der Waals surface area contributed by atoms with E-state index in [2.05, 4.69) is 25.8 Å². The molecule has 1 aliphatic carbocycles. The van der Waals surface area contributed by atoms with E-state index in [4.69, 9.17) is 4.74 Å². The molecule has 0 unspecified atom stereocenters. The molecule has 1 aliphatic heterocycles. The van der Waals surface area contributed by atoms with E-state index in [1.54, 1.807) is 0 Å². The van der Waals surface area contributed by atoms with Crippen LogP contribution in [0.3, 0.4) is 0 Å². The average molecular weight is 404 g/mol. The Morgan fingerprint density at radius 3 is 2.62 bits per heavy atom. The molecule has 0 bridgehead atoms. The van der Waals surface area contributed by atoms with E-state index in [0.717, 1.165) is 50.5 Å². The molecule has 3 N–H and O–H groups in total. The van der Waals surface area contributed by atoms with Crippen molar-refractivity contribution in [3.63, 3.8) is 0 Å². The van der Waals surface area contributed by atoms with Crippen molar-refractivity contribution in [2.24, 2.45) is 0 Å². The van der Waals surface area contributed by atoms with Gasteiger partial charge >= 0.3 is 6.03 Å². The number of urea groups is 1. The van der Waals surface area contributed by atoms with Crippen molar-refractivity contribution in [2.45, 2.75) is 57.5 Å². The van der Waals surface area contributed by atoms with Crippen LogP contribution in [0.2, 0.25) is 0 Å². The van der Waals surface area contributed by atoms with Crippen molar-refractivity contribution in [3.8, 4) is 0 Å². The number of nitrogens with one attached hydrogen (secondary N) is 3. The number of hydrogen-bond acceptors (Lipinski definition) is 5. The molecule has 0 radical (unpaired) electrons. The maximum absolute atomic E-state index is 12.0. The van der Waals surface area contributed by atoms with Gasteiger partial charge in [-0.05, 0) is 30.9 Å². The Bertz CT molecular complexity index is 640. The monoisotopic (exact) mass is 403 g/mol. The highest BCUT2D eigenvalue weighted by atomic mass is 16.5. The van der Waals surface area contributed by atoms with Gasteiger partial charge in [0.05, 0.1) is 13.2 Å². The van der Waals surface area contributed by atoms with Gasteiger partial charge in [-0.15, -0.1) is 0 Å². The van der Waals surface area contributed by atoms with Gasteiger partial charge in [0.25, 0.3) is 0 Å². The normalized spacial score (nSPS) is 17.6. The van der Waals surface area contributed by atoms with Gasteiger partial charge in [0.1, 0.15) is 5.82 Å². The maximum atomic E-state index is 12.0. The number of pyridine rings is 1. The molecule has 2 aliphatic rings. The Balaban J connectivity index is 1.26. The third-order valence-corrected chi connectivity index (χ3v) is 5.44. The minimum Gasteiger partial charge on any atom is -0.378 e. The molecule has 1 aromatic rings. The van der Waals surface area contributed by atoms with Crippen molar-refractivity contribution >= 4 is 17.8 Å². The lowest BCUT2D eigenvalue weighted by molar-refractivity contribution is -0.121. The average Bonchev–Trinajstić information content (AvgIpc) is 2.77. The molecule has 3 rings (SSSR count). The molecule has 1 saturated carbocycles. The molecule has 0 spiro atoms. The van der Waals surface area contributed by atoms with Crippen LogP contribution in [0.1, 0.15) is 50.5 Å². The molecule has 0 atom stereocenters. The van der Waals surface area contributed by atoms with E-state index >= 15 is 0 Å². The van der Waals surface area contributed by atoms with Crippen LogP contribution in [0.5, 0.6) is 0 Å². The summed E-state index contributed by atoms with van der Waals surface area (Å²) >= 11 is 0. The minimum absolute atomic E-state index is 0.0169. The fourth-order valence-electron chi connectivity index (χ4n) is 3.72. The van der Waals surface area contributed by atoms with Crippen molar-refractivity contribution in [2.75, 3.05) is 37.7 Å². The molecule has 160 valence electrons. The molecule has 2 heterocycles. The first kappa shape index (κ1) is 21.4. The largest absolute Gasteiger partial charge is 0.378 e. The fraction of sp³-hybridized carbons (Fsp3) is 0.667. The second-order valence-electron chi connectivity index (χ2n) is 7.74. The van der Waals surface area contributed by atoms with E-state index in [-0.39, 0.29) is 11.9 Å². The predicted octanol–water partition coefficient (Wildman–Crippen LogP) is 1.95. The number of amides is 3. The number of carbonyl (C=O) groups excluding carboxylic acids is 2. The molecule has 8 heteroatoms. The molecule has 2 fully saturated rings. The number of hydrogen-bond donors (Lipinski definition) is 3. The zero-order chi connectivity index (χ0) is 20.3. The summed E-state index contributed by atoms with van der Waals surface area (Å²) in [5.41, 5.74) is 0.973. The van der Waals surface area contributed by atoms with Crippen molar-refractivity contribution in [1.29, 1.82) is 0 Å². The van der Waals surface area contributed by atoms with Crippen LogP contribution < -0.4 is 20.9 Å². The second-order valence-corrected chi connectivity index (χ2v) is 7.74. The maximum Gasteiger partial charge on any atom is 0.315 e. The lowest BCUT2D eigenvalue weighted by atomic mass is 9.96. The Kier molecular flexibility index (Phi) is 8.55. The molecule has 0 aromatic carbocycles. The third kappa shape index (κ3) is 7.53. The van der Waals surface area contributed by atoms with E-state index in [1.807, 2.05) is 18.3 Å². The van der Waals surface area contributed by atoms with E-state index in [9.17, 15) is 9.59 Å². The number of rotatable bonds is 8. The van der Waals surface area contributed by atoms with E-state index in [1.165, 1.54) is 19.3 Å². The van der Waals surface area contributed by atoms with Gasteiger partial charge in [0.2, 0.25) is 5.91 Å². The highest BCUT2D eigenvalue weighted by Crippen LogP contribution is 2.17. The van der Waals surface area contributed by atoms with Gasteiger partial charge in [-0.25, -0.2) is 9.78 Å². The zero-order valence-corrected chi connectivity index (χ0v) is 17.1. The van der Waals surface area contributed by atoms with Gasteiger partial charge in [-0.3, -0.25) is 4.79 Å². The smallest absolute Gasteiger partial charge is 0.315 e. The lowest BCUT2D eigenvalue weighted by Crippen LogP contribution is -2.43. The van der Waals surface area contributed by atoms with Gasteiger partial charge in [0.15, 0.2) is 0 Å². The Morgan fingerprint density at radius 2 is 1.90 bits per heavy atom. The summed E-state index contributed by atoms with van der Waals surface area (Å²) in [5, 5.41) is 8.77. The lowest BCUT2D eigenvalue weighted by Gasteiger charge is -2.27. The fourth-order valence-corrected chi connectivity index (χ4v) is 3.72. The van der Waals surface area contributed by atoms with Crippen molar-refractivity contribution < 1.29 is 14.3 Å². The standard InChI is InChI=1S/C21H33N5O3/c27-20(7-4-10-22-21(28)25-18-5-2-1-3-6-18)24-16-17-8-9-19(23-15-17)26-11-13-29-14-12-26/h8-9,15,18H,1-7,10-14,16H2,(H,24,27)(H2,22,25,28).